The molecule has 0 aliphatic carbocycles. The number of benzene rings is 1. The van der Waals surface area contributed by atoms with Crippen LogP contribution in [0.15, 0.2) is 18.2 Å². The lowest BCUT2D eigenvalue weighted by Crippen LogP contribution is -2.13. The van der Waals surface area contributed by atoms with Crippen molar-refractivity contribution in [3.8, 4) is 5.75 Å². The number of rotatable bonds is 6. The summed E-state index contributed by atoms with van der Waals surface area (Å²) in [4.78, 5) is 35.8. The molecule has 2 atom stereocenters. The van der Waals surface area contributed by atoms with E-state index < -0.39 is 28.9 Å². The van der Waals surface area contributed by atoms with Crippen LogP contribution in [0.2, 0.25) is 0 Å². The van der Waals surface area contributed by atoms with Crippen LogP contribution in [-0.4, -0.2) is 19.6 Å². The van der Waals surface area contributed by atoms with Gasteiger partial charge in [0.2, 0.25) is 0 Å². The van der Waals surface area contributed by atoms with Crippen molar-refractivity contribution in [1.82, 2.24) is 0 Å². The summed E-state index contributed by atoms with van der Waals surface area (Å²) in [7, 11) is -16.2. The van der Waals surface area contributed by atoms with Crippen LogP contribution >= 0.6 is 23.5 Å². The lowest BCUT2D eigenvalue weighted by atomic mass is 9.86. The predicted molar refractivity (Wildman–Crippen MR) is 84.4 cm³/mol. The average Bonchev–Trinajstić information content (AvgIpc) is 2.19. The van der Waals surface area contributed by atoms with Crippen LogP contribution < -0.4 is 4.52 Å². The Kier molecular flexibility index (Phi) is 6.27. The van der Waals surface area contributed by atoms with Crippen molar-refractivity contribution >= 4 is 23.5 Å². The Morgan fingerprint density at radius 1 is 0.917 bits per heavy atom. The highest BCUT2D eigenvalue weighted by atomic mass is 31.3. The van der Waals surface area contributed by atoms with Crippen LogP contribution in [0, 0.1) is 6.92 Å². The van der Waals surface area contributed by atoms with Crippen LogP contribution in [0.5, 0.6) is 5.75 Å². The van der Waals surface area contributed by atoms with Gasteiger partial charge in [-0.05, 0) is 24.0 Å². The Hall–Kier alpha value is -0.530. The molecule has 10 nitrogen and oxygen atoms in total. The van der Waals surface area contributed by atoms with Gasteiger partial charge in [-0.3, -0.25) is 4.89 Å². The number of hydrogen-bond acceptors (Lipinski definition) is 6. The van der Waals surface area contributed by atoms with Crippen LogP contribution in [0.4, 0.5) is 0 Å². The van der Waals surface area contributed by atoms with E-state index in [0.717, 1.165) is 0 Å². The van der Waals surface area contributed by atoms with Gasteiger partial charge in [-0.15, -0.1) is 0 Å². The van der Waals surface area contributed by atoms with Crippen LogP contribution in [0.25, 0.3) is 0 Å². The molecule has 0 spiro atoms. The normalized spacial score (nSPS) is 17.8. The van der Waals surface area contributed by atoms with Gasteiger partial charge in [0, 0.05) is 5.56 Å². The summed E-state index contributed by atoms with van der Waals surface area (Å²) in [5.74, 6) is -0.0792. The summed E-state index contributed by atoms with van der Waals surface area (Å²) in [5.41, 5.74) is 0.695. The van der Waals surface area contributed by atoms with Crippen molar-refractivity contribution in [3.63, 3.8) is 0 Å². The topological polar surface area (TPSA) is 160 Å². The zero-order valence-corrected chi connectivity index (χ0v) is 16.0. The molecule has 0 bridgehead atoms. The highest BCUT2D eigenvalue weighted by Crippen LogP contribution is 2.66. The first-order valence-electron chi connectivity index (χ1n) is 6.45. The second kappa shape index (κ2) is 7.00. The van der Waals surface area contributed by atoms with Gasteiger partial charge in [0.1, 0.15) is 5.75 Å². The molecule has 138 valence electrons. The molecular weight excluding hydrogens is 385 g/mol. The fraction of sp³-hybridized carbons (Fsp3) is 0.455. The SMILES string of the molecule is Cc1ccc(C(C)(C)C)c(OP(=O)(O)OP(=O)(O)OP(=O)(O)O)c1. The molecule has 0 heterocycles. The van der Waals surface area contributed by atoms with E-state index in [0.29, 0.717) is 11.1 Å². The third-order valence-electron chi connectivity index (χ3n) is 2.57. The minimum atomic E-state index is -5.54. The molecule has 0 amide bonds. The molecule has 4 N–H and O–H groups in total. The summed E-state index contributed by atoms with van der Waals surface area (Å²) in [5, 5.41) is 0. The maximum absolute atomic E-state index is 11.9. The van der Waals surface area contributed by atoms with Crippen molar-refractivity contribution in [2.45, 2.75) is 33.1 Å². The van der Waals surface area contributed by atoms with Gasteiger partial charge in [-0.25, -0.2) is 13.7 Å². The first-order valence-corrected chi connectivity index (χ1v) is 11.0. The number of aryl methyl sites for hydroxylation is 1. The molecule has 2 unspecified atom stereocenters. The van der Waals surface area contributed by atoms with E-state index in [1.807, 2.05) is 20.8 Å². The van der Waals surface area contributed by atoms with E-state index >= 15 is 0 Å². The molecule has 0 saturated heterocycles. The lowest BCUT2D eigenvalue weighted by molar-refractivity contribution is 0.206. The summed E-state index contributed by atoms with van der Waals surface area (Å²) >= 11 is 0. The van der Waals surface area contributed by atoms with E-state index in [1.54, 1.807) is 19.1 Å². The second-order valence-electron chi connectivity index (χ2n) is 5.93. The maximum atomic E-state index is 11.9. The molecule has 0 saturated carbocycles. The second-order valence-corrected chi connectivity index (χ2v) is 10.3. The van der Waals surface area contributed by atoms with Crippen LogP contribution in [-0.2, 0) is 27.7 Å². The minimum absolute atomic E-state index is 0.0792. The standard InChI is InChI=1S/C11H19O10P3/c1-8-5-6-9(11(2,3)4)10(7-8)19-23(15,16)21-24(17,18)20-22(12,13)14/h5-7H,1-4H3,(H,15,16)(H,17,18)(H2,12,13,14). The third kappa shape index (κ3) is 7.15. The van der Waals surface area contributed by atoms with Gasteiger partial charge < -0.3 is 19.2 Å². The molecule has 0 aliphatic heterocycles. The fourth-order valence-electron chi connectivity index (χ4n) is 1.75. The first-order chi connectivity index (χ1) is 10.5. The monoisotopic (exact) mass is 404 g/mol. The number of phosphoric ester groups is 1. The van der Waals surface area contributed by atoms with E-state index in [-0.39, 0.29) is 5.75 Å². The van der Waals surface area contributed by atoms with Crippen molar-refractivity contribution in [2.24, 2.45) is 0 Å². The van der Waals surface area contributed by atoms with E-state index in [1.165, 1.54) is 6.07 Å². The van der Waals surface area contributed by atoms with Gasteiger partial charge in [-0.2, -0.15) is 8.62 Å². The van der Waals surface area contributed by atoms with Crippen LogP contribution in [0.3, 0.4) is 0 Å². The molecule has 1 rings (SSSR count). The summed E-state index contributed by atoms with van der Waals surface area (Å²) in [6.07, 6.45) is 0. The van der Waals surface area contributed by atoms with Crippen molar-refractivity contribution in [1.29, 1.82) is 0 Å². The third-order valence-corrected chi connectivity index (χ3v) is 6.33. The van der Waals surface area contributed by atoms with E-state index in [2.05, 4.69) is 8.62 Å². The van der Waals surface area contributed by atoms with Crippen LogP contribution in [0.1, 0.15) is 31.9 Å². The Bertz CT molecular complexity index is 747. The molecular formula is C11H19O10P3. The zero-order valence-electron chi connectivity index (χ0n) is 13.3. The summed E-state index contributed by atoms with van der Waals surface area (Å²) in [6, 6.07) is 4.80. The van der Waals surface area contributed by atoms with Crippen molar-refractivity contribution in [3.05, 3.63) is 29.3 Å². The van der Waals surface area contributed by atoms with Crippen molar-refractivity contribution < 1.29 is 46.4 Å². The average molecular weight is 404 g/mol. The largest absolute Gasteiger partial charge is 0.536 e. The predicted octanol–water partition coefficient (Wildman–Crippen LogP) is 3.00. The summed E-state index contributed by atoms with van der Waals surface area (Å²) in [6.45, 7) is 7.11. The molecule has 13 heteroatoms. The van der Waals surface area contributed by atoms with Crippen molar-refractivity contribution in [2.75, 3.05) is 0 Å². The highest BCUT2D eigenvalue weighted by molar-refractivity contribution is 7.66. The van der Waals surface area contributed by atoms with Gasteiger partial charge in [-0.1, -0.05) is 32.9 Å². The van der Waals surface area contributed by atoms with Gasteiger partial charge in [0.25, 0.3) is 0 Å². The summed E-state index contributed by atoms with van der Waals surface area (Å²) < 4.78 is 46.1. The van der Waals surface area contributed by atoms with Gasteiger partial charge in [0.15, 0.2) is 0 Å². The first kappa shape index (κ1) is 21.5. The highest BCUT2D eigenvalue weighted by Gasteiger charge is 2.42. The zero-order chi connectivity index (χ0) is 19.0. The number of hydrogen-bond donors (Lipinski definition) is 4. The molecule has 0 aliphatic rings. The maximum Gasteiger partial charge on any atom is 0.536 e. The Morgan fingerprint density at radius 2 is 1.46 bits per heavy atom. The quantitative estimate of drug-likeness (QED) is 0.519. The lowest BCUT2D eigenvalue weighted by Gasteiger charge is -2.24. The number of phosphoric acid groups is 3. The molecule has 0 radical (unpaired) electrons. The minimum Gasteiger partial charge on any atom is -0.404 e. The molecule has 24 heavy (non-hydrogen) atoms. The smallest absolute Gasteiger partial charge is 0.404 e. The molecule has 0 fully saturated rings. The molecule has 0 aromatic heterocycles. The Balaban J connectivity index is 3.12. The van der Waals surface area contributed by atoms with Gasteiger partial charge in [0.05, 0.1) is 0 Å². The molecule has 1 aromatic carbocycles. The van der Waals surface area contributed by atoms with E-state index in [9.17, 15) is 18.6 Å². The van der Waals surface area contributed by atoms with Gasteiger partial charge >= 0.3 is 23.5 Å². The Morgan fingerprint density at radius 3 is 1.92 bits per heavy atom. The fourth-order valence-corrected chi connectivity index (χ4v) is 4.78. The molecule has 1 aromatic rings. The Labute approximate surface area is 138 Å². The van der Waals surface area contributed by atoms with E-state index in [4.69, 9.17) is 19.2 Å².